The van der Waals surface area contributed by atoms with E-state index in [4.69, 9.17) is 27.9 Å². The van der Waals surface area contributed by atoms with Crippen LogP contribution in [-0.4, -0.2) is 18.1 Å². The maximum Gasteiger partial charge on any atom is 0.0551 e. The van der Waals surface area contributed by atoms with Gasteiger partial charge in [0.2, 0.25) is 0 Å². The summed E-state index contributed by atoms with van der Waals surface area (Å²) >= 11 is 12.4. The zero-order valence-electron chi connectivity index (χ0n) is 9.33. The summed E-state index contributed by atoms with van der Waals surface area (Å²) in [6.07, 6.45) is 2.28. The molecule has 3 heteroatoms. The van der Waals surface area contributed by atoms with Crippen LogP contribution in [-0.2, 0) is 11.2 Å². The van der Waals surface area contributed by atoms with Gasteiger partial charge in [-0.25, -0.2) is 0 Å². The molecule has 88 valence electrons. The lowest BCUT2D eigenvalue weighted by atomic mass is 9.97. The van der Waals surface area contributed by atoms with Gasteiger partial charge in [-0.15, -0.1) is 11.6 Å². The largest absolute Gasteiger partial charge is 0.378 e. The molecule has 0 aliphatic carbocycles. The van der Waals surface area contributed by atoms with E-state index in [9.17, 15) is 0 Å². The molecule has 0 spiro atoms. The van der Waals surface area contributed by atoms with Crippen LogP contribution in [0.4, 0.5) is 0 Å². The summed E-state index contributed by atoms with van der Waals surface area (Å²) < 4.78 is 5.54. The van der Waals surface area contributed by atoms with Crippen LogP contribution in [0.25, 0.3) is 0 Å². The zero-order chi connectivity index (χ0) is 11.5. The van der Waals surface area contributed by atoms with Gasteiger partial charge in [-0.1, -0.05) is 23.7 Å². The second-order valence-corrected chi connectivity index (χ2v) is 5.49. The van der Waals surface area contributed by atoms with Crippen LogP contribution >= 0.6 is 23.2 Å². The van der Waals surface area contributed by atoms with E-state index in [0.717, 1.165) is 24.5 Å². The van der Waals surface area contributed by atoms with Crippen molar-refractivity contribution >= 4 is 23.2 Å². The summed E-state index contributed by atoms with van der Waals surface area (Å²) in [4.78, 5) is 0. The predicted octanol–water partition coefficient (Wildman–Crippen LogP) is 3.91. The Labute approximate surface area is 107 Å². The second kappa shape index (κ2) is 5.39. The van der Waals surface area contributed by atoms with Gasteiger partial charge < -0.3 is 4.74 Å². The molecule has 1 aliphatic rings. The van der Waals surface area contributed by atoms with Crippen molar-refractivity contribution < 1.29 is 4.74 Å². The van der Waals surface area contributed by atoms with E-state index in [2.05, 4.69) is 13.0 Å². The van der Waals surface area contributed by atoms with Gasteiger partial charge in [0.25, 0.3) is 0 Å². The van der Waals surface area contributed by atoms with E-state index < -0.39 is 0 Å². The highest BCUT2D eigenvalue weighted by Gasteiger charge is 2.28. The molecule has 1 aromatic carbocycles. The van der Waals surface area contributed by atoms with Crippen molar-refractivity contribution in [3.63, 3.8) is 0 Å². The molecule has 0 N–H and O–H groups in total. The molecule has 16 heavy (non-hydrogen) atoms. The van der Waals surface area contributed by atoms with Gasteiger partial charge >= 0.3 is 0 Å². The molecule has 0 aromatic heterocycles. The number of alkyl halides is 1. The van der Waals surface area contributed by atoms with Crippen molar-refractivity contribution in [3.8, 4) is 0 Å². The van der Waals surface area contributed by atoms with Gasteiger partial charge in [0, 0.05) is 16.3 Å². The Morgan fingerprint density at radius 1 is 1.50 bits per heavy atom. The summed E-state index contributed by atoms with van der Waals surface area (Å²) in [5, 5.41) is 0.917. The van der Waals surface area contributed by atoms with Crippen molar-refractivity contribution in [2.45, 2.75) is 31.2 Å². The Kier molecular flexibility index (Phi) is 4.12. The lowest BCUT2D eigenvalue weighted by Gasteiger charge is -2.15. The van der Waals surface area contributed by atoms with E-state index >= 15 is 0 Å². The number of hydrogen-bond donors (Lipinski definition) is 0. The number of halogens is 2. The molecule has 0 radical (unpaired) electrons. The molecule has 1 aliphatic heterocycles. The molecular weight excluding hydrogens is 243 g/mol. The topological polar surface area (TPSA) is 9.23 Å². The van der Waals surface area contributed by atoms with Crippen LogP contribution in [0.1, 0.15) is 18.9 Å². The molecule has 0 saturated carbocycles. The van der Waals surface area contributed by atoms with E-state index in [1.54, 1.807) is 0 Å². The highest BCUT2D eigenvalue weighted by Crippen LogP contribution is 2.28. The first-order valence-corrected chi connectivity index (χ1v) is 6.46. The maximum absolute atomic E-state index is 6.42. The number of hydrogen-bond acceptors (Lipinski definition) is 1. The maximum atomic E-state index is 6.42. The minimum Gasteiger partial charge on any atom is -0.378 e. The fourth-order valence-corrected chi connectivity index (χ4v) is 2.72. The Morgan fingerprint density at radius 3 is 2.94 bits per heavy atom. The fourth-order valence-electron chi connectivity index (χ4n) is 2.16. The van der Waals surface area contributed by atoms with Gasteiger partial charge in [0.05, 0.1) is 12.7 Å². The van der Waals surface area contributed by atoms with Crippen LogP contribution in [0, 0.1) is 5.92 Å². The lowest BCUT2D eigenvalue weighted by Crippen LogP contribution is -2.17. The predicted molar refractivity (Wildman–Crippen MR) is 68.3 cm³/mol. The Morgan fingerprint density at radius 2 is 2.31 bits per heavy atom. The first-order valence-electron chi connectivity index (χ1n) is 5.65. The van der Waals surface area contributed by atoms with Crippen LogP contribution in [0.2, 0.25) is 5.02 Å². The van der Waals surface area contributed by atoms with Gasteiger partial charge in [0.1, 0.15) is 0 Å². The molecule has 2 rings (SSSR count). The molecule has 1 fully saturated rings. The summed E-state index contributed by atoms with van der Waals surface area (Å²) in [7, 11) is 0. The number of rotatable bonds is 3. The smallest absolute Gasteiger partial charge is 0.0551 e. The molecule has 1 saturated heterocycles. The highest BCUT2D eigenvalue weighted by molar-refractivity contribution is 6.30. The molecule has 0 amide bonds. The normalized spacial score (nSPS) is 26.9. The molecule has 0 bridgehead atoms. The minimum atomic E-state index is 0.142. The van der Waals surface area contributed by atoms with Crippen molar-refractivity contribution in [1.29, 1.82) is 0 Å². The standard InChI is InChI=1S/C13H16Cl2O/c1-9-5-11(8-16-9)13(15)7-10-3-2-4-12(14)6-10/h2-4,6,9,11,13H,5,7-8H2,1H3. The molecular formula is C13H16Cl2O. The van der Waals surface area contributed by atoms with Crippen molar-refractivity contribution in [3.05, 3.63) is 34.9 Å². The third-order valence-corrected chi connectivity index (χ3v) is 3.81. The third-order valence-electron chi connectivity index (χ3n) is 3.06. The van der Waals surface area contributed by atoms with Crippen LogP contribution < -0.4 is 0 Å². The molecule has 3 unspecified atom stereocenters. The molecule has 1 nitrogen and oxygen atoms in total. The molecule has 1 aromatic rings. The zero-order valence-corrected chi connectivity index (χ0v) is 10.8. The molecule has 1 heterocycles. The van der Waals surface area contributed by atoms with Crippen LogP contribution in [0.5, 0.6) is 0 Å². The number of benzene rings is 1. The Bertz CT molecular complexity index is 354. The van der Waals surface area contributed by atoms with Gasteiger partial charge in [0.15, 0.2) is 0 Å². The Balaban J connectivity index is 1.94. The van der Waals surface area contributed by atoms with E-state index in [0.29, 0.717) is 12.0 Å². The number of ether oxygens (including phenoxy) is 1. The van der Waals surface area contributed by atoms with Crippen molar-refractivity contribution in [2.24, 2.45) is 5.92 Å². The van der Waals surface area contributed by atoms with E-state index in [1.165, 1.54) is 5.56 Å². The van der Waals surface area contributed by atoms with E-state index in [1.807, 2.05) is 18.2 Å². The Hall–Kier alpha value is -0.240. The quantitative estimate of drug-likeness (QED) is 0.748. The average molecular weight is 259 g/mol. The summed E-state index contributed by atoms with van der Waals surface area (Å²) in [6, 6.07) is 7.90. The SMILES string of the molecule is CC1CC(C(Cl)Cc2cccc(Cl)c2)CO1. The van der Waals surface area contributed by atoms with Gasteiger partial charge in [-0.3, -0.25) is 0 Å². The van der Waals surface area contributed by atoms with Crippen LogP contribution in [0.3, 0.4) is 0 Å². The first kappa shape index (κ1) is 12.2. The average Bonchev–Trinajstić information content (AvgIpc) is 2.65. The minimum absolute atomic E-state index is 0.142. The van der Waals surface area contributed by atoms with E-state index in [-0.39, 0.29) is 5.38 Å². The third kappa shape index (κ3) is 3.13. The fraction of sp³-hybridized carbons (Fsp3) is 0.538. The highest BCUT2D eigenvalue weighted by atomic mass is 35.5. The van der Waals surface area contributed by atoms with Gasteiger partial charge in [-0.2, -0.15) is 0 Å². The van der Waals surface area contributed by atoms with Gasteiger partial charge in [-0.05, 0) is 37.5 Å². The summed E-state index contributed by atoms with van der Waals surface area (Å²) in [5.74, 6) is 0.468. The molecule has 3 atom stereocenters. The summed E-state index contributed by atoms with van der Waals surface area (Å²) in [5.41, 5.74) is 1.20. The monoisotopic (exact) mass is 258 g/mol. The van der Waals surface area contributed by atoms with Crippen molar-refractivity contribution in [2.75, 3.05) is 6.61 Å². The second-order valence-electron chi connectivity index (χ2n) is 4.49. The van der Waals surface area contributed by atoms with Crippen molar-refractivity contribution in [1.82, 2.24) is 0 Å². The first-order chi connectivity index (χ1) is 7.65. The van der Waals surface area contributed by atoms with Crippen LogP contribution in [0.15, 0.2) is 24.3 Å². The summed E-state index contributed by atoms with van der Waals surface area (Å²) in [6.45, 7) is 2.89. The lowest BCUT2D eigenvalue weighted by molar-refractivity contribution is 0.120.